The highest BCUT2D eigenvalue weighted by Gasteiger charge is 2.17. The van der Waals surface area contributed by atoms with Crippen LogP contribution in [0.1, 0.15) is 23.0 Å². The van der Waals surface area contributed by atoms with Crippen molar-refractivity contribution in [1.29, 1.82) is 0 Å². The van der Waals surface area contributed by atoms with Crippen molar-refractivity contribution in [2.45, 2.75) is 13.0 Å². The molecule has 6 nitrogen and oxygen atoms in total. The van der Waals surface area contributed by atoms with Gasteiger partial charge in [-0.1, -0.05) is 0 Å². The van der Waals surface area contributed by atoms with Crippen molar-refractivity contribution < 1.29 is 0 Å². The van der Waals surface area contributed by atoms with Gasteiger partial charge in [0.05, 0.1) is 6.04 Å². The first-order valence-electron chi connectivity index (χ1n) is 4.52. The van der Waals surface area contributed by atoms with Gasteiger partial charge >= 0.3 is 0 Å². The van der Waals surface area contributed by atoms with E-state index in [0.717, 1.165) is 11.1 Å². The van der Waals surface area contributed by atoms with Crippen LogP contribution in [0.4, 0.5) is 5.82 Å². The predicted octanol–water partition coefficient (Wildman–Crippen LogP) is 0.138. The van der Waals surface area contributed by atoms with Crippen LogP contribution in [0.2, 0.25) is 0 Å². The normalized spacial score (nSPS) is 12.7. The fourth-order valence-corrected chi connectivity index (χ4v) is 1.50. The Morgan fingerprint density at radius 3 is 2.80 bits per heavy atom. The molecule has 0 spiro atoms. The van der Waals surface area contributed by atoms with Gasteiger partial charge in [-0.3, -0.25) is 5.10 Å². The van der Waals surface area contributed by atoms with Crippen LogP contribution in [0.15, 0.2) is 18.6 Å². The highest BCUT2D eigenvalue weighted by atomic mass is 15.2. The van der Waals surface area contributed by atoms with Crippen LogP contribution in [-0.2, 0) is 0 Å². The number of H-pyrrole nitrogens is 1. The Balaban J connectivity index is 2.46. The van der Waals surface area contributed by atoms with Gasteiger partial charge < -0.3 is 11.5 Å². The summed E-state index contributed by atoms with van der Waals surface area (Å²) in [7, 11) is 0. The van der Waals surface area contributed by atoms with Gasteiger partial charge in [-0.05, 0) is 18.6 Å². The zero-order chi connectivity index (χ0) is 10.8. The third-order valence-corrected chi connectivity index (χ3v) is 2.28. The van der Waals surface area contributed by atoms with Gasteiger partial charge in [0.15, 0.2) is 0 Å². The summed E-state index contributed by atoms with van der Waals surface area (Å²) >= 11 is 0. The molecule has 0 saturated carbocycles. The minimum Gasteiger partial charge on any atom is -0.383 e. The van der Waals surface area contributed by atoms with Gasteiger partial charge in [-0.15, -0.1) is 0 Å². The van der Waals surface area contributed by atoms with Crippen LogP contribution in [0.25, 0.3) is 0 Å². The SMILES string of the molecule is Cc1ccnc(N)c1C(N)c1ncn[nH]1. The molecule has 2 aromatic heterocycles. The predicted molar refractivity (Wildman–Crippen MR) is 55.8 cm³/mol. The number of anilines is 1. The van der Waals surface area contributed by atoms with Crippen molar-refractivity contribution in [2.75, 3.05) is 5.73 Å². The van der Waals surface area contributed by atoms with Gasteiger partial charge in [-0.2, -0.15) is 5.10 Å². The monoisotopic (exact) mass is 204 g/mol. The van der Waals surface area contributed by atoms with E-state index in [1.165, 1.54) is 6.33 Å². The van der Waals surface area contributed by atoms with E-state index in [-0.39, 0.29) is 0 Å². The summed E-state index contributed by atoms with van der Waals surface area (Å²) in [6.45, 7) is 1.93. The molecule has 6 heteroatoms. The van der Waals surface area contributed by atoms with Crippen LogP contribution in [0.5, 0.6) is 0 Å². The zero-order valence-electron chi connectivity index (χ0n) is 8.31. The Morgan fingerprint density at radius 1 is 1.40 bits per heavy atom. The molecule has 0 aliphatic heterocycles. The van der Waals surface area contributed by atoms with E-state index < -0.39 is 6.04 Å². The molecule has 1 unspecified atom stereocenters. The fourth-order valence-electron chi connectivity index (χ4n) is 1.50. The number of aromatic amines is 1. The van der Waals surface area contributed by atoms with Crippen LogP contribution >= 0.6 is 0 Å². The number of nitrogens with zero attached hydrogens (tertiary/aromatic N) is 3. The number of hydrogen-bond acceptors (Lipinski definition) is 5. The summed E-state index contributed by atoms with van der Waals surface area (Å²) < 4.78 is 0. The number of nitrogens with one attached hydrogen (secondary N) is 1. The molecule has 0 aliphatic rings. The van der Waals surface area contributed by atoms with Crippen molar-refractivity contribution >= 4 is 5.82 Å². The molecular weight excluding hydrogens is 192 g/mol. The zero-order valence-corrected chi connectivity index (χ0v) is 8.31. The second kappa shape index (κ2) is 3.66. The first kappa shape index (κ1) is 9.60. The summed E-state index contributed by atoms with van der Waals surface area (Å²) in [5.41, 5.74) is 13.6. The molecule has 0 saturated heterocycles. The molecular formula is C9H12N6. The van der Waals surface area contributed by atoms with Gasteiger partial charge in [0.1, 0.15) is 18.0 Å². The lowest BCUT2D eigenvalue weighted by Gasteiger charge is -2.13. The Kier molecular flexibility index (Phi) is 2.34. The number of rotatable bonds is 2. The molecule has 0 aromatic carbocycles. The lowest BCUT2D eigenvalue weighted by atomic mass is 10.0. The summed E-state index contributed by atoms with van der Waals surface area (Å²) in [6.07, 6.45) is 3.07. The Hall–Kier alpha value is -1.95. The summed E-state index contributed by atoms with van der Waals surface area (Å²) in [5, 5.41) is 6.47. The Labute approximate surface area is 86.7 Å². The third-order valence-electron chi connectivity index (χ3n) is 2.28. The second-order valence-electron chi connectivity index (χ2n) is 3.28. The number of nitrogen functional groups attached to an aromatic ring is 1. The standard InChI is InChI=1S/C9H12N6/c1-5-2-3-12-8(11)6(5)7(10)9-13-4-14-15-9/h2-4,7H,10H2,1H3,(H2,11,12)(H,13,14,15). The van der Waals surface area contributed by atoms with E-state index >= 15 is 0 Å². The number of nitrogens with two attached hydrogens (primary N) is 2. The average molecular weight is 204 g/mol. The van der Waals surface area contributed by atoms with Gasteiger partial charge in [0.2, 0.25) is 0 Å². The number of aryl methyl sites for hydroxylation is 1. The van der Waals surface area contributed by atoms with E-state index in [1.54, 1.807) is 6.20 Å². The molecule has 2 rings (SSSR count). The van der Waals surface area contributed by atoms with Crippen molar-refractivity contribution in [2.24, 2.45) is 5.73 Å². The van der Waals surface area contributed by atoms with Crippen molar-refractivity contribution in [1.82, 2.24) is 20.2 Å². The highest BCUT2D eigenvalue weighted by Crippen LogP contribution is 2.23. The summed E-state index contributed by atoms with van der Waals surface area (Å²) in [5.74, 6) is 1.01. The lowest BCUT2D eigenvalue weighted by molar-refractivity contribution is 0.779. The maximum atomic E-state index is 6.01. The third kappa shape index (κ3) is 1.66. The highest BCUT2D eigenvalue weighted by molar-refractivity contribution is 5.47. The molecule has 5 N–H and O–H groups in total. The van der Waals surface area contributed by atoms with Gasteiger partial charge in [0.25, 0.3) is 0 Å². The number of pyridine rings is 1. The van der Waals surface area contributed by atoms with Gasteiger partial charge in [-0.25, -0.2) is 9.97 Å². The van der Waals surface area contributed by atoms with Gasteiger partial charge in [0, 0.05) is 11.8 Å². The Morgan fingerprint density at radius 2 is 2.20 bits per heavy atom. The fraction of sp³-hybridized carbons (Fsp3) is 0.222. The minimum atomic E-state index is -0.416. The van der Waals surface area contributed by atoms with E-state index in [2.05, 4.69) is 20.2 Å². The van der Waals surface area contributed by atoms with E-state index in [4.69, 9.17) is 11.5 Å². The molecule has 15 heavy (non-hydrogen) atoms. The summed E-state index contributed by atoms with van der Waals surface area (Å²) in [6, 6.07) is 1.45. The van der Waals surface area contributed by atoms with Crippen LogP contribution in [0, 0.1) is 6.92 Å². The molecule has 1 atom stereocenters. The molecule has 0 radical (unpaired) electrons. The number of hydrogen-bond donors (Lipinski definition) is 3. The smallest absolute Gasteiger partial charge is 0.145 e. The minimum absolute atomic E-state index is 0.416. The first-order chi connectivity index (χ1) is 7.20. The average Bonchev–Trinajstić information content (AvgIpc) is 2.69. The maximum Gasteiger partial charge on any atom is 0.145 e. The van der Waals surface area contributed by atoms with Crippen molar-refractivity contribution in [3.63, 3.8) is 0 Å². The number of aromatic nitrogens is 4. The summed E-state index contributed by atoms with van der Waals surface area (Å²) in [4.78, 5) is 8.01. The van der Waals surface area contributed by atoms with E-state index in [0.29, 0.717) is 11.6 Å². The molecule has 78 valence electrons. The molecule has 0 bridgehead atoms. The van der Waals surface area contributed by atoms with E-state index in [1.807, 2.05) is 13.0 Å². The topological polar surface area (TPSA) is 106 Å². The van der Waals surface area contributed by atoms with Crippen molar-refractivity contribution in [3.05, 3.63) is 35.5 Å². The molecule has 0 aliphatic carbocycles. The van der Waals surface area contributed by atoms with Crippen LogP contribution in [-0.4, -0.2) is 20.2 Å². The van der Waals surface area contributed by atoms with Crippen molar-refractivity contribution in [3.8, 4) is 0 Å². The molecule has 2 aromatic rings. The maximum absolute atomic E-state index is 6.01. The van der Waals surface area contributed by atoms with E-state index in [9.17, 15) is 0 Å². The molecule has 0 amide bonds. The first-order valence-corrected chi connectivity index (χ1v) is 4.52. The van der Waals surface area contributed by atoms with Crippen LogP contribution < -0.4 is 11.5 Å². The molecule has 2 heterocycles. The lowest BCUT2D eigenvalue weighted by Crippen LogP contribution is -2.17. The quantitative estimate of drug-likeness (QED) is 0.645. The van der Waals surface area contributed by atoms with Crippen LogP contribution in [0.3, 0.4) is 0 Å². The Bertz CT molecular complexity index is 429. The second-order valence-corrected chi connectivity index (χ2v) is 3.28. The largest absolute Gasteiger partial charge is 0.383 e. The molecule has 0 fully saturated rings.